The molecule has 1 amide bonds. The van der Waals surface area contributed by atoms with Crippen LogP contribution >= 0.6 is 0 Å². The summed E-state index contributed by atoms with van der Waals surface area (Å²) < 4.78 is 0. The summed E-state index contributed by atoms with van der Waals surface area (Å²) in [6.07, 6.45) is 9.17. The summed E-state index contributed by atoms with van der Waals surface area (Å²) in [7, 11) is 0. The van der Waals surface area contributed by atoms with Gasteiger partial charge in [0.2, 0.25) is 5.91 Å². The minimum atomic E-state index is -0.0124. The van der Waals surface area contributed by atoms with Crippen LogP contribution in [0.4, 0.5) is 0 Å². The number of hydrogen-bond donors (Lipinski definition) is 3. The van der Waals surface area contributed by atoms with Crippen molar-refractivity contribution >= 4 is 5.91 Å². The third kappa shape index (κ3) is 2.87. The van der Waals surface area contributed by atoms with E-state index in [2.05, 4.69) is 20.8 Å². The van der Waals surface area contributed by atoms with Crippen LogP contribution in [0.5, 0.6) is 0 Å². The van der Waals surface area contributed by atoms with Crippen molar-refractivity contribution < 1.29 is 4.79 Å². The maximum Gasteiger partial charge on any atom is 0.237 e. The number of piperidine rings is 1. The Morgan fingerprint density at radius 2 is 2.20 bits per heavy atom. The zero-order valence-corrected chi connectivity index (χ0v) is 12.1. The van der Waals surface area contributed by atoms with Crippen molar-refractivity contribution in [2.75, 3.05) is 0 Å². The second kappa shape index (κ2) is 5.95. The van der Waals surface area contributed by atoms with E-state index in [1.807, 2.05) is 6.92 Å². The van der Waals surface area contributed by atoms with Crippen molar-refractivity contribution in [3.8, 4) is 0 Å². The molecule has 3 unspecified atom stereocenters. The number of hydrogen-bond acceptors (Lipinski definition) is 3. The molecule has 20 heavy (non-hydrogen) atoms. The lowest BCUT2D eigenvalue weighted by molar-refractivity contribution is -0.124. The molecule has 1 aliphatic heterocycles. The molecule has 2 heterocycles. The van der Waals surface area contributed by atoms with Crippen LogP contribution in [0.15, 0.2) is 6.20 Å². The van der Waals surface area contributed by atoms with Crippen LogP contribution in [-0.2, 0) is 11.3 Å². The highest BCUT2D eigenvalue weighted by molar-refractivity contribution is 5.81. The van der Waals surface area contributed by atoms with Gasteiger partial charge in [0.25, 0.3) is 0 Å². The van der Waals surface area contributed by atoms with Crippen molar-refractivity contribution in [2.24, 2.45) is 5.92 Å². The minimum absolute atomic E-state index is 0.0124. The van der Waals surface area contributed by atoms with Crippen molar-refractivity contribution in [3.05, 3.63) is 17.5 Å². The summed E-state index contributed by atoms with van der Waals surface area (Å²) in [5.41, 5.74) is 2.08. The van der Waals surface area contributed by atoms with Crippen molar-refractivity contribution in [1.82, 2.24) is 20.8 Å². The molecular weight excluding hydrogens is 252 g/mol. The Morgan fingerprint density at radius 3 is 3.00 bits per heavy atom. The highest BCUT2D eigenvalue weighted by Gasteiger charge is 2.34. The molecule has 2 aliphatic rings. The molecule has 0 spiro atoms. The number of fused-ring (bicyclic) bond motifs is 1. The molecule has 1 aromatic heterocycles. The topological polar surface area (TPSA) is 69.8 Å². The number of carbonyl (C=O) groups excluding carboxylic acids is 1. The van der Waals surface area contributed by atoms with Crippen LogP contribution in [-0.4, -0.2) is 28.2 Å². The predicted molar refractivity (Wildman–Crippen MR) is 77.1 cm³/mol. The fraction of sp³-hybridized carbons (Fsp3) is 0.733. The third-order valence-corrected chi connectivity index (χ3v) is 4.85. The zero-order valence-electron chi connectivity index (χ0n) is 12.1. The first-order chi connectivity index (χ1) is 9.74. The first-order valence-corrected chi connectivity index (χ1v) is 7.76. The lowest BCUT2D eigenvalue weighted by Gasteiger charge is -2.39. The summed E-state index contributed by atoms with van der Waals surface area (Å²) in [5.74, 6) is 0.929. The number of rotatable bonds is 3. The fourth-order valence-electron chi connectivity index (χ4n) is 3.56. The van der Waals surface area contributed by atoms with Gasteiger partial charge in [-0.2, -0.15) is 5.10 Å². The average Bonchev–Trinajstić information content (AvgIpc) is 2.89. The van der Waals surface area contributed by atoms with Gasteiger partial charge >= 0.3 is 0 Å². The van der Waals surface area contributed by atoms with E-state index in [9.17, 15) is 4.79 Å². The molecule has 1 aromatic rings. The second-order valence-corrected chi connectivity index (χ2v) is 6.19. The normalized spacial score (nSPS) is 29.8. The smallest absolute Gasteiger partial charge is 0.237 e. The highest BCUT2D eigenvalue weighted by Crippen LogP contribution is 2.32. The van der Waals surface area contributed by atoms with Gasteiger partial charge in [0.05, 0.1) is 12.2 Å². The number of H-pyrrole nitrogens is 1. The van der Waals surface area contributed by atoms with E-state index in [4.69, 9.17) is 0 Å². The Kier molecular flexibility index (Phi) is 4.05. The van der Waals surface area contributed by atoms with Crippen LogP contribution in [0.25, 0.3) is 0 Å². The summed E-state index contributed by atoms with van der Waals surface area (Å²) >= 11 is 0. The summed E-state index contributed by atoms with van der Waals surface area (Å²) in [4.78, 5) is 12.3. The molecule has 110 valence electrons. The van der Waals surface area contributed by atoms with Crippen molar-refractivity contribution in [2.45, 2.75) is 64.1 Å². The van der Waals surface area contributed by atoms with Gasteiger partial charge < -0.3 is 10.6 Å². The monoisotopic (exact) mass is 276 g/mol. The van der Waals surface area contributed by atoms with Gasteiger partial charge in [0, 0.05) is 23.8 Å². The first kappa shape index (κ1) is 13.6. The van der Waals surface area contributed by atoms with Gasteiger partial charge in [0.15, 0.2) is 0 Å². The SMILES string of the molecule is Cc1[nH]ncc1CNC(=O)C1CCC2CCCCC2N1. The zero-order chi connectivity index (χ0) is 13.9. The quantitative estimate of drug-likeness (QED) is 0.786. The lowest BCUT2D eigenvalue weighted by Crippen LogP contribution is -2.54. The summed E-state index contributed by atoms with van der Waals surface area (Å²) in [5, 5.41) is 13.5. The van der Waals surface area contributed by atoms with Gasteiger partial charge in [-0.25, -0.2) is 0 Å². The Hall–Kier alpha value is -1.36. The van der Waals surface area contributed by atoms with Gasteiger partial charge in [-0.05, 0) is 38.5 Å². The van der Waals surface area contributed by atoms with E-state index >= 15 is 0 Å². The molecule has 3 rings (SSSR count). The number of aromatic amines is 1. The molecule has 0 radical (unpaired) electrons. The van der Waals surface area contributed by atoms with Crippen LogP contribution in [0, 0.1) is 12.8 Å². The maximum atomic E-state index is 12.3. The largest absolute Gasteiger partial charge is 0.351 e. The van der Waals surface area contributed by atoms with Crippen molar-refractivity contribution in [3.63, 3.8) is 0 Å². The number of aromatic nitrogens is 2. The van der Waals surface area contributed by atoms with Crippen LogP contribution < -0.4 is 10.6 Å². The van der Waals surface area contributed by atoms with E-state index in [1.165, 1.54) is 32.1 Å². The van der Waals surface area contributed by atoms with Crippen molar-refractivity contribution in [1.29, 1.82) is 0 Å². The molecule has 1 saturated carbocycles. The Bertz CT molecular complexity index is 470. The average molecular weight is 276 g/mol. The Morgan fingerprint density at radius 1 is 1.35 bits per heavy atom. The van der Waals surface area contributed by atoms with E-state index in [-0.39, 0.29) is 11.9 Å². The van der Waals surface area contributed by atoms with E-state index in [0.29, 0.717) is 12.6 Å². The molecule has 5 nitrogen and oxygen atoms in total. The van der Waals surface area contributed by atoms with Crippen LogP contribution in [0.3, 0.4) is 0 Å². The van der Waals surface area contributed by atoms with E-state index in [1.54, 1.807) is 6.20 Å². The van der Waals surface area contributed by atoms with E-state index < -0.39 is 0 Å². The van der Waals surface area contributed by atoms with Gasteiger partial charge in [0.1, 0.15) is 0 Å². The highest BCUT2D eigenvalue weighted by atomic mass is 16.2. The molecule has 1 aliphatic carbocycles. The number of carbonyl (C=O) groups is 1. The van der Waals surface area contributed by atoms with Gasteiger partial charge in [-0.15, -0.1) is 0 Å². The molecule has 1 saturated heterocycles. The lowest BCUT2D eigenvalue weighted by atomic mass is 9.77. The van der Waals surface area contributed by atoms with E-state index in [0.717, 1.165) is 23.6 Å². The predicted octanol–water partition coefficient (Wildman–Crippen LogP) is 1.65. The standard InChI is InChI=1S/C15H24N4O/c1-10-12(9-17-19-10)8-16-15(20)14-7-6-11-4-2-3-5-13(11)18-14/h9,11,13-14,18H,2-8H2,1H3,(H,16,20)(H,17,19). The minimum Gasteiger partial charge on any atom is -0.351 e. The molecular formula is C15H24N4O. The van der Waals surface area contributed by atoms with Gasteiger partial charge in [-0.1, -0.05) is 12.8 Å². The number of aryl methyl sites for hydroxylation is 1. The molecule has 5 heteroatoms. The number of nitrogens with one attached hydrogen (secondary N) is 3. The molecule has 3 atom stereocenters. The van der Waals surface area contributed by atoms with Crippen LogP contribution in [0.2, 0.25) is 0 Å². The van der Waals surface area contributed by atoms with Crippen LogP contribution in [0.1, 0.15) is 49.8 Å². The maximum absolute atomic E-state index is 12.3. The molecule has 0 bridgehead atoms. The summed E-state index contributed by atoms with van der Waals surface area (Å²) in [6.45, 7) is 2.54. The Balaban J connectivity index is 1.51. The summed E-state index contributed by atoms with van der Waals surface area (Å²) in [6, 6.07) is 0.547. The second-order valence-electron chi connectivity index (χ2n) is 6.19. The Labute approximate surface area is 119 Å². The molecule has 0 aromatic carbocycles. The first-order valence-electron chi connectivity index (χ1n) is 7.76. The van der Waals surface area contributed by atoms with Gasteiger partial charge in [-0.3, -0.25) is 9.89 Å². The third-order valence-electron chi connectivity index (χ3n) is 4.85. The molecule has 2 fully saturated rings. The fourth-order valence-corrected chi connectivity index (χ4v) is 3.56. The molecule has 3 N–H and O–H groups in total. The number of amides is 1. The number of nitrogens with zero attached hydrogens (tertiary/aromatic N) is 1.